The summed E-state index contributed by atoms with van der Waals surface area (Å²) in [5.74, 6) is 0.904. The smallest absolute Gasteiger partial charge is 0.124 e. The van der Waals surface area contributed by atoms with Gasteiger partial charge in [-0.15, -0.1) is 11.3 Å². The Hall–Kier alpha value is -1.32. The molecule has 19 heavy (non-hydrogen) atoms. The van der Waals surface area contributed by atoms with Gasteiger partial charge in [-0.3, -0.25) is 0 Å². The maximum Gasteiger partial charge on any atom is 0.124 e. The van der Waals surface area contributed by atoms with Crippen LogP contribution in [-0.2, 0) is 13.0 Å². The Labute approximate surface area is 119 Å². The van der Waals surface area contributed by atoms with Crippen LogP contribution in [0.25, 0.3) is 0 Å². The molecule has 0 saturated carbocycles. The lowest BCUT2D eigenvalue weighted by Gasteiger charge is -2.14. The molecule has 0 aliphatic rings. The van der Waals surface area contributed by atoms with E-state index in [-0.39, 0.29) is 6.04 Å². The van der Waals surface area contributed by atoms with Crippen molar-refractivity contribution in [3.8, 4) is 5.75 Å². The van der Waals surface area contributed by atoms with Gasteiger partial charge in [0.2, 0.25) is 0 Å². The molecule has 3 heteroatoms. The highest BCUT2D eigenvalue weighted by atomic mass is 32.1. The number of thiophene rings is 1. The van der Waals surface area contributed by atoms with Crippen LogP contribution < -0.4 is 10.5 Å². The molecule has 0 radical (unpaired) electrons. The molecule has 1 heterocycles. The van der Waals surface area contributed by atoms with E-state index in [1.807, 2.05) is 18.3 Å². The fraction of sp³-hybridized carbons (Fsp3) is 0.375. The number of ether oxygens (including phenoxy) is 1. The van der Waals surface area contributed by atoms with Crippen LogP contribution in [0.15, 0.2) is 30.3 Å². The first-order valence-electron chi connectivity index (χ1n) is 6.66. The Kier molecular flexibility index (Phi) is 4.61. The minimum atomic E-state index is -0.00913. The predicted molar refractivity (Wildman–Crippen MR) is 81.8 cm³/mol. The van der Waals surface area contributed by atoms with Crippen LogP contribution in [0.5, 0.6) is 5.75 Å². The third-order valence-electron chi connectivity index (χ3n) is 3.10. The molecule has 102 valence electrons. The molecule has 0 spiro atoms. The largest absolute Gasteiger partial charge is 0.488 e. The van der Waals surface area contributed by atoms with Gasteiger partial charge in [0, 0.05) is 21.4 Å². The third kappa shape index (κ3) is 3.58. The van der Waals surface area contributed by atoms with E-state index in [0.29, 0.717) is 6.61 Å². The molecule has 1 aromatic heterocycles. The van der Waals surface area contributed by atoms with Crippen molar-refractivity contribution in [1.82, 2.24) is 0 Å². The zero-order valence-corrected chi connectivity index (χ0v) is 12.6. The third-order valence-corrected chi connectivity index (χ3v) is 4.30. The van der Waals surface area contributed by atoms with Crippen molar-refractivity contribution in [2.75, 3.05) is 0 Å². The molecule has 2 N–H and O–H groups in total. The lowest BCUT2D eigenvalue weighted by Crippen LogP contribution is -2.08. The molecular weight excluding hydrogens is 254 g/mol. The molecule has 0 unspecified atom stereocenters. The second kappa shape index (κ2) is 6.22. The second-order valence-electron chi connectivity index (χ2n) is 4.84. The van der Waals surface area contributed by atoms with Crippen LogP contribution in [-0.4, -0.2) is 0 Å². The fourth-order valence-corrected chi connectivity index (χ4v) is 2.85. The van der Waals surface area contributed by atoms with Gasteiger partial charge in [0.25, 0.3) is 0 Å². The van der Waals surface area contributed by atoms with Crippen molar-refractivity contribution in [1.29, 1.82) is 0 Å². The van der Waals surface area contributed by atoms with E-state index in [2.05, 4.69) is 44.2 Å². The Morgan fingerprint density at radius 3 is 2.58 bits per heavy atom. The van der Waals surface area contributed by atoms with E-state index < -0.39 is 0 Å². The summed E-state index contributed by atoms with van der Waals surface area (Å²) in [6, 6.07) is 10.5. The molecule has 0 amide bonds. The van der Waals surface area contributed by atoms with Crippen LogP contribution in [0.1, 0.15) is 40.8 Å². The first-order chi connectivity index (χ1) is 9.10. The van der Waals surface area contributed by atoms with Gasteiger partial charge < -0.3 is 10.5 Å². The van der Waals surface area contributed by atoms with E-state index in [9.17, 15) is 0 Å². The van der Waals surface area contributed by atoms with Crippen molar-refractivity contribution in [3.63, 3.8) is 0 Å². The molecule has 1 atom stereocenters. The van der Waals surface area contributed by atoms with Crippen molar-refractivity contribution < 1.29 is 4.74 Å². The first-order valence-corrected chi connectivity index (χ1v) is 7.48. The van der Waals surface area contributed by atoms with Gasteiger partial charge in [-0.25, -0.2) is 0 Å². The fourth-order valence-electron chi connectivity index (χ4n) is 1.98. The summed E-state index contributed by atoms with van der Waals surface area (Å²) in [5.41, 5.74) is 8.24. The molecule has 0 aliphatic heterocycles. The summed E-state index contributed by atoms with van der Waals surface area (Å²) >= 11 is 1.81. The van der Waals surface area contributed by atoms with E-state index in [1.165, 1.54) is 15.3 Å². The highest BCUT2D eigenvalue weighted by molar-refractivity contribution is 7.11. The highest BCUT2D eigenvalue weighted by Gasteiger charge is 2.09. The SMILES string of the molecule is CCc1ccc(COc2cc(C)ccc2[C@@H](C)N)s1. The summed E-state index contributed by atoms with van der Waals surface area (Å²) in [7, 11) is 0. The van der Waals surface area contributed by atoms with E-state index in [1.54, 1.807) is 0 Å². The van der Waals surface area contributed by atoms with Gasteiger partial charge in [0.1, 0.15) is 12.4 Å². The molecule has 1 aromatic carbocycles. The molecule has 0 bridgehead atoms. The Bertz CT molecular complexity index is 545. The Morgan fingerprint density at radius 1 is 1.21 bits per heavy atom. The molecule has 0 aliphatic carbocycles. The van der Waals surface area contributed by atoms with E-state index in [4.69, 9.17) is 10.5 Å². The minimum Gasteiger partial charge on any atom is -0.488 e. The van der Waals surface area contributed by atoms with Crippen molar-refractivity contribution in [2.24, 2.45) is 5.73 Å². The summed E-state index contributed by atoms with van der Waals surface area (Å²) in [6.07, 6.45) is 1.08. The lowest BCUT2D eigenvalue weighted by atomic mass is 10.1. The first kappa shape index (κ1) is 14.1. The summed E-state index contributed by atoms with van der Waals surface area (Å²) < 4.78 is 5.95. The van der Waals surface area contributed by atoms with Crippen LogP contribution in [0, 0.1) is 6.92 Å². The maximum absolute atomic E-state index is 5.98. The van der Waals surface area contributed by atoms with Gasteiger partial charge >= 0.3 is 0 Å². The normalized spacial score (nSPS) is 12.4. The summed E-state index contributed by atoms with van der Waals surface area (Å²) in [6.45, 7) is 6.84. The number of aryl methyl sites for hydroxylation is 2. The van der Waals surface area contributed by atoms with Gasteiger partial charge in [-0.1, -0.05) is 19.1 Å². The zero-order chi connectivity index (χ0) is 13.8. The molecule has 2 aromatic rings. The Balaban J connectivity index is 2.12. The highest BCUT2D eigenvalue weighted by Crippen LogP contribution is 2.27. The maximum atomic E-state index is 5.98. The van der Waals surface area contributed by atoms with Gasteiger partial charge in [-0.2, -0.15) is 0 Å². The molecular formula is C16H21NOS. The van der Waals surface area contributed by atoms with Crippen molar-refractivity contribution in [3.05, 3.63) is 51.2 Å². The Morgan fingerprint density at radius 2 is 1.95 bits per heavy atom. The number of rotatable bonds is 5. The number of hydrogen-bond donors (Lipinski definition) is 1. The zero-order valence-electron chi connectivity index (χ0n) is 11.8. The summed E-state index contributed by atoms with van der Waals surface area (Å²) in [4.78, 5) is 2.66. The topological polar surface area (TPSA) is 35.2 Å². The summed E-state index contributed by atoms with van der Waals surface area (Å²) in [5, 5.41) is 0. The molecule has 0 saturated heterocycles. The average molecular weight is 275 g/mol. The van der Waals surface area contributed by atoms with Gasteiger partial charge in [-0.05, 0) is 44.0 Å². The monoisotopic (exact) mass is 275 g/mol. The quantitative estimate of drug-likeness (QED) is 0.886. The van der Waals surface area contributed by atoms with Crippen molar-refractivity contribution >= 4 is 11.3 Å². The molecule has 2 rings (SSSR count). The van der Waals surface area contributed by atoms with Crippen LogP contribution >= 0.6 is 11.3 Å². The van der Waals surface area contributed by atoms with Gasteiger partial charge in [0.15, 0.2) is 0 Å². The second-order valence-corrected chi connectivity index (χ2v) is 6.09. The molecule has 0 fully saturated rings. The average Bonchev–Trinajstić information content (AvgIpc) is 2.84. The minimum absolute atomic E-state index is 0.00913. The van der Waals surface area contributed by atoms with Crippen LogP contribution in [0.2, 0.25) is 0 Å². The van der Waals surface area contributed by atoms with E-state index in [0.717, 1.165) is 17.7 Å². The lowest BCUT2D eigenvalue weighted by molar-refractivity contribution is 0.305. The number of hydrogen-bond acceptors (Lipinski definition) is 3. The predicted octanol–water partition coefficient (Wildman–Crippen LogP) is 4.22. The van der Waals surface area contributed by atoms with E-state index >= 15 is 0 Å². The number of benzene rings is 1. The number of nitrogens with two attached hydrogens (primary N) is 1. The van der Waals surface area contributed by atoms with Crippen LogP contribution in [0.4, 0.5) is 0 Å². The van der Waals surface area contributed by atoms with Crippen molar-refractivity contribution in [2.45, 2.75) is 39.8 Å². The van der Waals surface area contributed by atoms with Crippen LogP contribution in [0.3, 0.4) is 0 Å². The van der Waals surface area contributed by atoms with Gasteiger partial charge in [0.05, 0.1) is 0 Å². The molecule has 2 nitrogen and oxygen atoms in total. The standard InChI is InChI=1S/C16H21NOS/c1-4-13-6-7-14(19-13)10-18-16-9-11(2)5-8-15(16)12(3)17/h5-9,12H,4,10,17H2,1-3H3/t12-/m1/s1.